The van der Waals surface area contributed by atoms with Gasteiger partial charge in [0.05, 0.1) is 5.56 Å². The summed E-state index contributed by atoms with van der Waals surface area (Å²) >= 11 is 0. The minimum Gasteiger partial charge on any atom is -0.374 e. The maximum absolute atomic E-state index is 12.9. The molecule has 2 nitrogen and oxygen atoms in total. The molecule has 1 aliphatic heterocycles. The van der Waals surface area contributed by atoms with E-state index in [4.69, 9.17) is 0 Å². The van der Waals surface area contributed by atoms with Crippen molar-refractivity contribution in [2.45, 2.75) is 18.5 Å². The van der Waals surface area contributed by atoms with Crippen molar-refractivity contribution in [1.29, 1.82) is 0 Å². The Hall–Kier alpha value is -1.52. The summed E-state index contributed by atoms with van der Waals surface area (Å²) in [4.78, 5) is 12.3. The third kappa shape index (κ3) is 2.01. The Morgan fingerprint density at radius 1 is 1.47 bits per heavy atom. The second-order valence-electron chi connectivity index (χ2n) is 4.22. The normalized spacial score (nSPS) is 19.3. The van der Waals surface area contributed by atoms with Gasteiger partial charge in [0.1, 0.15) is 6.29 Å². The van der Waals surface area contributed by atoms with E-state index < -0.39 is 11.7 Å². The van der Waals surface area contributed by atoms with Crippen LogP contribution in [0.2, 0.25) is 0 Å². The highest BCUT2D eigenvalue weighted by Gasteiger charge is 2.39. The van der Waals surface area contributed by atoms with E-state index in [2.05, 4.69) is 0 Å². The van der Waals surface area contributed by atoms with E-state index in [0.29, 0.717) is 18.5 Å². The van der Waals surface area contributed by atoms with E-state index in [1.54, 1.807) is 18.0 Å². The summed E-state index contributed by atoms with van der Waals surface area (Å²) in [5.41, 5.74) is 0.215. The maximum atomic E-state index is 12.9. The van der Waals surface area contributed by atoms with Crippen molar-refractivity contribution >= 4 is 12.0 Å². The lowest BCUT2D eigenvalue weighted by Gasteiger charge is -2.15. The third-order valence-electron chi connectivity index (χ3n) is 3.08. The first-order valence-corrected chi connectivity index (χ1v) is 5.30. The number of rotatable bonds is 2. The first kappa shape index (κ1) is 12.0. The first-order chi connectivity index (χ1) is 7.95. The predicted octanol–water partition coefficient (Wildman–Crippen LogP) is 2.83. The highest BCUT2D eigenvalue weighted by atomic mass is 19.4. The van der Waals surface area contributed by atoms with Gasteiger partial charge in [-0.05, 0) is 17.7 Å². The number of benzene rings is 1. The lowest BCUT2D eigenvalue weighted by molar-refractivity contribution is -0.138. The molecule has 92 valence electrons. The fourth-order valence-electron chi connectivity index (χ4n) is 2.39. The second kappa shape index (κ2) is 4.05. The monoisotopic (exact) mass is 243 g/mol. The van der Waals surface area contributed by atoms with Gasteiger partial charge in [-0.3, -0.25) is 0 Å². The fraction of sp³-hybridized carbons (Fsp3) is 0.417. The molecule has 2 rings (SSSR count). The molecule has 1 heterocycles. The zero-order chi connectivity index (χ0) is 12.6. The van der Waals surface area contributed by atoms with Crippen LogP contribution in [0, 0.1) is 0 Å². The van der Waals surface area contributed by atoms with Crippen molar-refractivity contribution in [3.05, 3.63) is 29.3 Å². The molecule has 0 spiro atoms. The summed E-state index contributed by atoms with van der Waals surface area (Å²) in [5.74, 6) is -0.356. The molecule has 0 saturated heterocycles. The van der Waals surface area contributed by atoms with Crippen molar-refractivity contribution in [2.24, 2.45) is 0 Å². The Morgan fingerprint density at radius 2 is 2.18 bits per heavy atom. The van der Waals surface area contributed by atoms with Crippen LogP contribution in [0.25, 0.3) is 0 Å². The van der Waals surface area contributed by atoms with Crippen molar-refractivity contribution in [3.63, 3.8) is 0 Å². The molecular formula is C12H12F3NO. The summed E-state index contributed by atoms with van der Waals surface area (Å²) in [7, 11) is 1.74. The van der Waals surface area contributed by atoms with E-state index in [1.165, 1.54) is 6.07 Å². The Morgan fingerprint density at radius 3 is 2.76 bits per heavy atom. The Balaban J connectivity index is 2.55. The first-order valence-electron chi connectivity index (χ1n) is 5.30. The van der Waals surface area contributed by atoms with Gasteiger partial charge in [-0.2, -0.15) is 13.2 Å². The van der Waals surface area contributed by atoms with Gasteiger partial charge in [0, 0.05) is 31.6 Å². The topological polar surface area (TPSA) is 20.3 Å². The second-order valence-corrected chi connectivity index (χ2v) is 4.22. The molecule has 0 N–H and O–H groups in total. The Kier molecular flexibility index (Phi) is 2.85. The molecule has 0 fully saturated rings. The van der Waals surface area contributed by atoms with Gasteiger partial charge >= 0.3 is 6.18 Å². The van der Waals surface area contributed by atoms with Crippen molar-refractivity contribution in [1.82, 2.24) is 0 Å². The summed E-state index contributed by atoms with van der Waals surface area (Å²) in [6.45, 7) is 0.459. The molecule has 0 aliphatic carbocycles. The zero-order valence-corrected chi connectivity index (χ0v) is 9.29. The lowest BCUT2D eigenvalue weighted by Crippen LogP contribution is -2.15. The van der Waals surface area contributed by atoms with Crippen LogP contribution in [0.3, 0.4) is 0 Å². The van der Waals surface area contributed by atoms with E-state index >= 15 is 0 Å². The molecular weight excluding hydrogens is 231 g/mol. The number of halogens is 3. The number of carbonyl (C=O) groups is 1. The minimum atomic E-state index is -4.36. The van der Waals surface area contributed by atoms with E-state index in [0.717, 1.165) is 6.07 Å². The number of hydrogen-bond donors (Lipinski definition) is 0. The van der Waals surface area contributed by atoms with Crippen LogP contribution in [0.1, 0.15) is 23.5 Å². The van der Waals surface area contributed by atoms with E-state index in [1.807, 2.05) is 0 Å². The molecule has 1 aliphatic rings. The summed E-state index contributed by atoms with van der Waals surface area (Å²) < 4.78 is 38.6. The Labute approximate surface area is 97.0 Å². The third-order valence-corrected chi connectivity index (χ3v) is 3.08. The highest BCUT2D eigenvalue weighted by molar-refractivity contribution is 5.66. The van der Waals surface area contributed by atoms with Gasteiger partial charge in [-0.1, -0.05) is 6.07 Å². The quantitative estimate of drug-likeness (QED) is 0.744. The molecule has 0 amide bonds. The van der Waals surface area contributed by atoms with Crippen LogP contribution in [0.4, 0.5) is 18.9 Å². The number of likely N-dealkylation sites (N-methyl/N-ethyl adjacent to an activating group) is 1. The molecule has 1 aromatic carbocycles. The van der Waals surface area contributed by atoms with Gasteiger partial charge in [0.15, 0.2) is 0 Å². The molecule has 0 bridgehead atoms. The number of fused-ring (bicyclic) bond motifs is 1. The maximum Gasteiger partial charge on any atom is 0.416 e. The lowest BCUT2D eigenvalue weighted by atomic mass is 9.93. The summed E-state index contributed by atoms with van der Waals surface area (Å²) in [5, 5.41) is 0. The number of hydrogen-bond acceptors (Lipinski definition) is 2. The minimum absolute atomic E-state index is 0.129. The van der Waals surface area contributed by atoms with Crippen LogP contribution >= 0.6 is 0 Å². The van der Waals surface area contributed by atoms with Gasteiger partial charge in [0.25, 0.3) is 0 Å². The standard InChI is InChI=1S/C12H12F3NO/c1-16-7-8(5-6-17)11-9(12(13,14)15)3-2-4-10(11)16/h2-4,6,8H,5,7H2,1H3. The molecule has 1 aromatic rings. The highest BCUT2D eigenvalue weighted by Crippen LogP contribution is 2.44. The van der Waals surface area contributed by atoms with Crippen LogP contribution in [-0.4, -0.2) is 19.9 Å². The molecule has 0 radical (unpaired) electrons. The van der Waals surface area contributed by atoms with Gasteiger partial charge < -0.3 is 9.69 Å². The average Bonchev–Trinajstić information content (AvgIpc) is 2.55. The zero-order valence-electron chi connectivity index (χ0n) is 9.29. The van der Waals surface area contributed by atoms with Crippen LogP contribution in [0.5, 0.6) is 0 Å². The number of carbonyl (C=O) groups excluding carboxylic acids is 1. The molecule has 17 heavy (non-hydrogen) atoms. The molecule has 1 atom stereocenters. The van der Waals surface area contributed by atoms with Crippen LogP contribution in [0.15, 0.2) is 18.2 Å². The number of anilines is 1. The van der Waals surface area contributed by atoms with Crippen molar-refractivity contribution < 1.29 is 18.0 Å². The number of aldehydes is 1. The average molecular weight is 243 g/mol. The number of nitrogens with zero attached hydrogens (tertiary/aromatic N) is 1. The fourth-order valence-corrected chi connectivity index (χ4v) is 2.39. The van der Waals surface area contributed by atoms with Crippen molar-refractivity contribution in [3.8, 4) is 0 Å². The summed E-state index contributed by atoms with van der Waals surface area (Å²) in [6.07, 6.45) is -3.55. The van der Waals surface area contributed by atoms with Crippen LogP contribution in [-0.2, 0) is 11.0 Å². The van der Waals surface area contributed by atoms with Crippen molar-refractivity contribution in [2.75, 3.05) is 18.5 Å². The molecule has 5 heteroatoms. The van der Waals surface area contributed by atoms with Crippen LogP contribution < -0.4 is 4.90 Å². The summed E-state index contributed by atoms with van der Waals surface area (Å²) in [6, 6.07) is 4.15. The molecule has 0 saturated carbocycles. The van der Waals surface area contributed by atoms with Gasteiger partial charge in [-0.15, -0.1) is 0 Å². The number of alkyl halides is 3. The van der Waals surface area contributed by atoms with E-state index in [9.17, 15) is 18.0 Å². The van der Waals surface area contributed by atoms with Gasteiger partial charge in [0.2, 0.25) is 0 Å². The van der Waals surface area contributed by atoms with Gasteiger partial charge in [-0.25, -0.2) is 0 Å². The molecule has 1 unspecified atom stereocenters. The van der Waals surface area contributed by atoms with E-state index in [-0.39, 0.29) is 17.9 Å². The molecule has 0 aromatic heterocycles. The largest absolute Gasteiger partial charge is 0.416 e. The smallest absolute Gasteiger partial charge is 0.374 e. The Bertz CT molecular complexity index is 442. The SMILES string of the molecule is CN1CC(CC=O)c2c1cccc2C(F)(F)F. The predicted molar refractivity (Wildman–Crippen MR) is 58.1 cm³/mol.